The quantitative estimate of drug-likeness (QED) is 0.343. The van der Waals surface area contributed by atoms with E-state index in [-0.39, 0.29) is 11.8 Å². The minimum Gasteiger partial charge on any atom is -0.274 e. The molecule has 0 spiro atoms. The van der Waals surface area contributed by atoms with Gasteiger partial charge in [-0.15, -0.1) is 0 Å². The highest BCUT2D eigenvalue weighted by Gasteiger charge is 2.70. The van der Waals surface area contributed by atoms with Gasteiger partial charge in [-0.1, -0.05) is 111 Å². The van der Waals surface area contributed by atoms with Gasteiger partial charge in [0.05, 0.1) is 17.5 Å². The number of amides is 2. The van der Waals surface area contributed by atoms with Crippen LogP contribution < -0.4 is 4.90 Å². The van der Waals surface area contributed by atoms with E-state index < -0.39 is 22.7 Å². The molecule has 3 nitrogen and oxygen atoms in total. The number of hydrogen-bond acceptors (Lipinski definition) is 2. The van der Waals surface area contributed by atoms with E-state index in [0.29, 0.717) is 5.69 Å². The molecule has 4 aliphatic rings. The van der Waals surface area contributed by atoms with Gasteiger partial charge in [0.2, 0.25) is 11.8 Å². The Morgan fingerprint density at radius 2 is 0.943 bits per heavy atom. The summed E-state index contributed by atoms with van der Waals surface area (Å²) in [5.74, 6) is -1.09. The molecule has 35 heavy (non-hydrogen) atoms. The molecule has 2 bridgehead atoms. The average Bonchev–Trinajstić information content (AvgIpc) is 3.18. The van der Waals surface area contributed by atoms with Gasteiger partial charge in [-0.05, 0) is 33.9 Å². The number of rotatable bonds is 2. The molecule has 0 radical (unpaired) electrons. The van der Waals surface area contributed by atoms with Crippen molar-refractivity contribution in [3.63, 3.8) is 0 Å². The first kappa shape index (κ1) is 20.4. The molecule has 3 aliphatic carbocycles. The lowest BCUT2D eigenvalue weighted by atomic mass is 9.42. The Labute approximate surface area is 205 Å². The minimum absolute atomic E-state index is 0.0962. The fraction of sp³-hybridized carbons (Fsp3) is 0.188. The predicted molar refractivity (Wildman–Crippen MR) is 137 cm³/mol. The molecule has 2 atom stereocenters. The lowest BCUT2D eigenvalue weighted by Gasteiger charge is -2.57. The number of carbonyl (C=O) groups is 2. The smallest absolute Gasteiger partial charge is 0.238 e. The molecule has 3 heteroatoms. The molecular weight excluding hydrogens is 430 g/mol. The fourth-order valence-corrected chi connectivity index (χ4v) is 7.34. The number of hydrogen-bond donors (Lipinski definition) is 0. The van der Waals surface area contributed by atoms with E-state index in [1.54, 1.807) is 0 Å². The average molecular weight is 456 g/mol. The van der Waals surface area contributed by atoms with Crippen LogP contribution >= 0.6 is 0 Å². The van der Waals surface area contributed by atoms with Gasteiger partial charge in [0.15, 0.2) is 0 Å². The fourth-order valence-electron chi connectivity index (χ4n) is 7.34. The predicted octanol–water partition coefficient (Wildman–Crippen LogP) is 6.10. The Kier molecular flexibility index (Phi) is 3.96. The van der Waals surface area contributed by atoms with Crippen LogP contribution in [0.3, 0.4) is 0 Å². The zero-order chi connectivity index (χ0) is 23.9. The lowest BCUT2D eigenvalue weighted by molar-refractivity contribution is -0.124. The van der Waals surface area contributed by atoms with Gasteiger partial charge >= 0.3 is 0 Å². The van der Waals surface area contributed by atoms with E-state index in [2.05, 4.69) is 62.4 Å². The van der Waals surface area contributed by atoms with Gasteiger partial charge in [-0.2, -0.15) is 0 Å². The number of anilines is 1. The van der Waals surface area contributed by atoms with Crippen LogP contribution in [-0.2, 0) is 20.4 Å². The third kappa shape index (κ3) is 2.31. The van der Waals surface area contributed by atoms with E-state index >= 15 is 0 Å². The molecule has 0 unspecified atom stereocenters. The zero-order valence-corrected chi connectivity index (χ0v) is 19.7. The highest BCUT2D eigenvalue weighted by molar-refractivity contribution is 6.25. The second-order valence-electron chi connectivity index (χ2n) is 10.3. The van der Waals surface area contributed by atoms with Crippen LogP contribution in [0.1, 0.15) is 36.1 Å². The molecule has 4 aromatic carbocycles. The maximum atomic E-state index is 14.4. The van der Waals surface area contributed by atoms with Crippen molar-refractivity contribution in [2.75, 3.05) is 4.90 Å². The van der Waals surface area contributed by atoms with Crippen molar-refractivity contribution in [3.8, 4) is 11.1 Å². The molecule has 1 saturated heterocycles. The van der Waals surface area contributed by atoms with Crippen molar-refractivity contribution in [1.29, 1.82) is 0 Å². The van der Waals surface area contributed by atoms with E-state index in [1.165, 1.54) is 27.2 Å². The summed E-state index contributed by atoms with van der Waals surface area (Å²) in [7, 11) is 0. The Hall–Kier alpha value is -3.98. The van der Waals surface area contributed by atoms with Crippen LogP contribution in [0.5, 0.6) is 0 Å². The molecule has 0 aromatic heterocycles. The number of carbonyl (C=O) groups excluding carboxylic acids is 2. The van der Waals surface area contributed by atoms with Gasteiger partial charge in [-0.3, -0.25) is 9.59 Å². The monoisotopic (exact) mass is 455 g/mol. The largest absolute Gasteiger partial charge is 0.274 e. The molecule has 1 aliphatic heterocycles. The number of imide groups is 1. The Morgan fingerprint density at radius 1 is 0.543 bits per heavy atom. The Morgan fingerprint density at radius 3 is 1.43 bits per heavy atom. The summed E-state index contributed by atoms with van der Waals surface area (Å²) in [5.41, 5.74) is 6.09. The maximum Gasteiger partial charge on any atom is 0.238 e. The van der Waals surface area contributed by atoms with Crippen LogP contribution in [0, 0.1) is 11.8 Å². The second kappa shape index (κ2) is 6.79. The van der Waals surface area contributed by atoms with Crippen LogP contribution in [0.2, 0.25) is 0 Å². The number of benzene rings is 4. The van der Waals surface area contributed by atoms with Crippen molar-refractivity contribution in [2.45, 2.75) is 24.7 Å². The molecule has 1 fully saturated rings. The summed E-state index contributed by atoms with van der Waals surface area (Å²) in [4.78, 5) is 30.3. The maximum absolute atomic E-state index is 14.4. The third-order valence-corrected chi connectivity index (χ3v) is 8.87. The SMILES string of the molecule is CC12c3ccccc3C(C)(c3ccccc31)[C@H]1C(=O)N(c3ccccc3-c3ccccc3)C(=O)[C@H]12. The standard InChI is InChI=1S/C32H25NO2/c1-31-22-15-7-9-17-24(22)32(2,25-18-10-8-16-23(25)31)28-27(31)29(34)33(30(28)35)26-19-11-6-14-21(26)20-12-4-3-5-13-20/h3-19,27-28H,1-2H3/t27-,28+,31?,32?. The van der Waals surface area contributed by atoms with Gasteiger partial charge < -0.3 is 0 Å². The highest BCUT2D eigenvalue weighted by atomic mass is 16.2. The molecular formula is C32H25NO2. The van der Waals surface area contributed by atoms with E-state index in [1.807, 2.05) is 54.6 Å². The van der Waals surface area contributed by atoms with Gasteiger partial charge in [0.1, 0.15) is 0 Å². The van der Waals surface area contributed by atoms with Gasteiger partial charge in [0.25, 0.3) is 0 Å². The highest BCUT2D eigenvalue weighted by Crippen LogP contribution is 2.66. The third-order valence-electron chi connectivity index (χ3n) is 8.87. The van der Waals surface area contributed by atoms with E-state index in [9.17, 15) is 9.59 Å². The first-order valence-corrected chi connectivity index (χ1v) is 12.2. The van der Waals surface area contributed by atoms with Crippen LogP contribution in [0.15, 0.2) is 103 Å². The number of nitrogens with zero attached hydrogens (tertiary/aromatic N) is 1. The lowest BCUT2D eigenvalue weighted by Crippen LogP contribution is -2.59. The molecule has 1 heterocycles. The summed E-state index contributed by atoms with van der Waals surface area (Å²) in [5, 5.41) is 0. The van der Waals surface area contributed by atoms with Crippen molar-refractivity contribution in [2.24, 2.45) is 11.8 Å². The van der Waals surface area contributed by atoms with Crippen molar-refractivity contribution < 1.29 is 9.59 Å². The Balaban J connectivity index is 1.49. The molecule has 0 saturated carbocycles. The summed E-state index contributed by atoms with van der Waals surface area (Å²) >= 11 is 0. The first-order chi connectivity index (χ1) is 17.0. The molecule has 170 valence electrons. The summed E-state index contributed by atoms with van der Waals surface area (Å²) < 4.78 is 0. The van der Waals surface area contributed by atoms with Crippen LogP contribution in [0.4, 0.5) is 5.69 Å². The van der Waals surface area contributed by atoms with Crippen molar-refractivity contribution in [3.05, 3.63) is 125 Å². The van der Waals surface area contributed by atoms with Crippen molar-refractivity contribution >= 4 is 17.5 Å². The van der Waals surface area contributed by atoms with E-state index in [4.69, 9.17) is 0 Å². The molecule has 2 amide bonds. The molecule has 8 rings (SSSR count). The zero-order valence-electron chi connectivity index (χ0n) is 19.7. The second-order valence-corrected chi connectivity index (χ2v) is 10.3. The number of para-hydroxylation sites is 1. The normalized spacial score (nSPS) is 28.0. The first-order valence-electron chi connectivity index (χ1n) is 12.2. The van der Waals surface area contributed by atoms with Crippen molar-refractivity contribution in [1.82, 2.24) is 0 Å². The molecule has 0 N–H and O–H groups in total. The minimum atomic E-state index is -0.571. The summed E-state index contributed by atoms with van der Waals surface area (Å²) in [6.45, 7) is 4.33. The Bertz CT molecular complexity index is 1410. The van der Waals surface area contributed by atoms with Gasteiger partial charge in [0, 0.05) is 16.4 Å². The van der Waals surface area contributed by atoms with E-state index in [0.717, 1.165) is 11.1 Å². The topological polar surface area (TPSA) is 37.4 Å². The summed E-state index contributed by atoms with van der Waals surface area (Å²) in [6.07, 6.45) is 0. The molecule has 4 aromatic rings. The van der Waals surface area contributed by atoms with Gasteiger partial charge in [-0.25, -0.2) is 4.90 Å². The van der Waals surface area contributed by atoms with Crippen LogP contribution in [-0.4, -0.2) is 11.8 Å². The van der Waals surface area contributed by atoms with Crippen LogP contribution in [0.25, 0.3) is 11.1 Å². The summed E-state index contributed by atoms with van der Waals surface area (Å²) in [6, 6.07) is 34.6.